The summed E-state index contributed by atoms with van der Waals surface area (Å²) in [5.41, 5.74) is 5.99. The van der Waals surface area contributed by atoms with E-state index in [1.807, 2.05) is 23.1 Å². The number of piperidine rings is 1. The molecule has 2 N–H and O–H groups in total. The van der Waals surface area contributed by atoms with Gasteiger partial charge in [0.05, 0.1) is 6.54 Å². The summed E-state index contributed by atoms with van der Waals surface area (Å²) in [6, 6.07) is 2.36. The van der Waals surface area contributed by atoms with Crippen LogP contribution in [0.3, 0.4) is 0 Å². The molecule has 1 aliphatic rings. The molecular formula is C11H20N4. The van der Waals surface area contributed by atoms with Gasteiger partial charge in [0.15, 0.2) is 0 Å². The van der Waals surface area contributed by atoms with E-state index in [1.165, 1.54) is 0 Å². The zero-order valence-electron chi connectivity index (χ0n) is 9.34. The van der Waals surface area contributed by atoms with Gasteiger partial charge in [-0.15, -0.1) is 0 Å². The van der Waals surface area contributed by atoms with Gasteiger partial charge >= 0.3 is 0 Å². The lowest BCUT2D eigenvalue weighted by atomic mass is 9.95. The molecule has 1 saturated heterocycles. The summed E-state index contributed by atoms with van der Waals surface area (Å²) < 4.78 is 1.99. The molecule has 84 valence electrons. The summed E-state index contributed by atoms with van der Waals surface area (Å²) in [4.78, 5) is 2.48. The summed E-state index contributed by atoms with van der Waals surface area (Å²) in [6.07, 6.45) is 4.97. The first kappa shape index (κ1) is 10.6. The monoisotopic (exact) mass is 208 g/mol. The smallest absolute Gasteiger partial charge is 0.0536 e. The molecular weight excluding hydrogens is 188 g/mol. The maximum atomic E-state index is 5.99. The van der Waals surface area contributed by atoms with Gasteiger partial charge in [-0.1, -0.05) is 6.92 Å². The molecule has 0 amide bonds. The van der Waals surface area contributed by atoms with Crippen molar-refractivity contribution in [3.63, 3.8) is 0 Å². The van der Waals surface area contributed by atoms with Gasteiger partial charge in [-0.25, -0.2) is 0 Å². The van der Waals surface area contributed by atoms with E-state index in [0.717, 1.165) is 32.6 Å². The van der Waals surface area contributed by atoms with Crippen LogP contribution in [-0.4, -0.2) is 40.4 Å². The lowest BCUT2D eigenvalue weighted by Crippen LogP contribution is -2.46. The number of nitrogens with two attached hydrogens (primary N) is 1. The Balaban J connectivity index is 1.76. The minimum absolute atomic E-state index is 0.394. The van der Waals surface area contributed by atoms with E-state index in [2.05, 4.69) is 16.9 Å². The van der Waals surface area contributed by atoms with Gasteiger partial charge < -0.3 is 10.6 Å². The Morgan fingerprint density at radius 1 is 1.47 bits per heavy atom. The van der Waals surface area contributed by atoms with Crippen molar-refractivity contribution in [3.8, 4) is 0 Å². The highest BCUT2D eigenvalue weighted by atomic mass is 15.3. The van der Waals surface area contributed by atoms with Crippen molar-refractivity contribution in [2.24, 2.45) is 11.7 Å². The zero-order valence-corrected chi connectivity index (χ0v) is 9.34. The number of aromatic nitrogens is 2. The van der Waals surface area contributed by atoms with Crippen molar-refractivity contribution in [1.82, 2.24) is 14.7 Å². The number of hydrogen-bond acceptors (Lipinski definition) is 3. The van der Waals surface area contributed by atoms with Crippen molar-refractivity contribution in [2.45, 2.75) is 25.9 Å². The summed E-state index contributed by atoms with van der Waals surface area (Å²) in [5.74, 6) is 0.622. The largest absolute Gasteiger partial charge is 0.327 e. The predicted octanol–water partition coefficient (Wildman–Crippen LogP) is 0.552. The molecule has 2 rings (SSSR count). The Morgan fingerprint density at radius 3 is 3.00 bits per heavy atom. The molecule has 2 heterocycles. The molecule has 0 saturated carbocycles. The standard InChI is InChI=1S/C11H20N4/c1-10-9-14(6-3-11(10)12)7-8-15-5-2-4-13-15/h2,4-5,10-11H,3,6-9,12H2,1H3. The first-order valence-corrected chi connectivity index (χ1v) is 5.71. The molecule has 0 radical (unpaired) electrons. The Labute approximate surface area is 91.1 Å². The van der Waals surface area contributed by atoms with Crippen molar-refractivity contribution in [2.75, 3.05) is 19.6 Å². The molecule has 1 aromatic rings. The highest BCUT2D eigenvalue weighted by Crippen LogP contribution is 2.14. The fourth-order valence-electron chi connectivity index (χ4n) is 2.13. The minimum Gasteiger partial charge on any atom is -0.327 e. The predicted molar refractivity (Wildman–Crippen MR) is 60.4 cm³/mol. The second kappa shape index (κ2) is 4.77. The topological polar surface area (TPSA) is 47.1 Å². The highest BCUT2D eigenvalue weighted by molar-refractivity contribution is 4.81. The first-order valence-electron chi connectivity index (χ1n) is 5.71. The fraction of sp³-hybridized carbons (Fsp3) is 0.727. The Hall–Kier alpha value is -0.870. The van der Waals surface area contributed by atoms with Gasteiger partial charge in [0, 0.05) is 31.5 Å². The molecule has 1 aromatic heterocycles. The van der Waals surface area contributed by atoms with Gasteiger partial charge in [0.1, 0.15) is 0 Å². The quantitative estimate of drug-likeness (QED) is 0.789. The lowest BCUT2D eigenvalue weighted by molar-refractivity contribution is 0.158. The highest BCUT2D eigenvalue weighted by Gasteiger charge is 2.22. The summed E-state index contributed by atoms with van der Waals surface area (Å²) in [5, 5.41) is 4.20. The van der Waals surface area contributed by atoms with Crippen molar-refractivity contribution in [3.05, 3.63) is 18.5 Å². The van der Waals surface area contributed by atoms with Crippen LogP contribution in [0.25, 0.3) is 0 Å². The van der Waals surface area contributed by atoms with Crippen molar-refractivity contribution >= 4 is 0 Å². The summed E-state index contributed by atoms with van der Waals surface area (Å²) in [6.45, 7) is 6.56. The molecule has 0 aliphatic carbocycles. The van der Waals surface area contributed by atoms with Crippen molar-refractivity contribution < 1.29 is 0 Å². The zero-order chi connectivity index (χ0) is 10.7. The maximum Gasteiger partial charge on any atom is 0.0536 e. The number of nitrogens with zero attached hydrogens (tertiary/aromatic N) is 3. The number of rotatable bonds is 3. The summed E-state index contributed by atoms with van der Waals surface area (Å²) >= 11 is 0. The number of hydrogen-bond donors (Lipinski definition) is 1. The minimum atomic E-state index is 0.394. The molecule has 0 spiro atoms. The van der Waals surface area contributed by atoms with E-state index in [4.69, 9.17) is 5.73 Å². The second-order valence-corrected chi connectivity index (χ2v) is 4.50. The molecule has 2 unspecified atom stereocenters. The van der Waals surface area contributed by atoms with Crippen LogP contribution in [0, 0.1) is 5.92 Å². The van der Waals surface area contributed by atoms with E-state index in [0.29, 0.717) is 12.0 Å². The van der Waals surface area contributed by atoms with E-state index < -0.39 is 0 Å². The molecule has 1 aliphatic heterocycles. The maximum absolute atomic E-state index is 5.99. The summed E-state index contributed by atoms with van der Waals surface area (Å²) in [7, 11) is 0. The molecule has 1 fully saturated rings. The van der Waals surface area contributed by atoms with Crippen LogP contribution in [-0.2, 0) is 6.54 Å². The fourth-order valence-corrected chi connectivity index (χ4v) is 2.13. The SMILES string of the molecule is CC1CN(CCn2cccn2)CCC1N. The molecule has 15 heavy (non-hydrogen) atoms. The van der Waals surface area contributed by atoms with Crippen LogP contribution in [0.4, 0.5) is 0 Å². The van der Waals surface area contributed by atoms with Crippen LogP contribution < -0.4 is 5.73 Å². The third-order valence-corrected chi connectivity index (χ3v) is 3.26. The van der Waals surface area contributed by atoms with Crippen LogP contribution in [0.1, 0.15) is 13.3 Å². The first-order chi connectivity index (χ1) is 7.25. The van der Waals surface area contributed by atoms with E-state index >= 15 is 0 Å². The molecule has 2 atom stereocenters. The Bertz CT molecular complexity index is 283. The van der Waals surface area contributed by atoms with Gasteiger partial charge in [-0.05, 0) is 24.9 Å². The van der Waals surface area contributed by atoms with Crippen molar-refractivity contribution in [1.29, 1.82) is 0 Å². The van der Waals surface area contributed by atoms with E-state index in [9.17, 15) is 0 Å². The van der Waals surface area contributed by atoms with Crippen LogP contribution in [0.5, 0.6) is 0 Å². The molecule has 4 heteroatoms. The lowest BCUT2D eigenvalue weighted by Gasteiger charge is -2.34. The number of likely N-dealkylation sites (tertiary alicyclic amines) is 1. The third-order valence-electron chi connectivity index (χ3n) is 3.26. The average Bonchev–Trinajstić information content (AvgIpc) is 2.73. The third kappa shape index (κ3) is 2.79. The van der Waals surface area contributed by atoms with Crippen LogP contribution in [0.2, 0.25) is 0 Å². The van der Waals surface area contributed by atoms with Gasteiger partial charge in [0.2, 0.25) is 0 Å². The van der Waals surface area contributed by atoms with E-state index in [1.54, 1.807) is 0 Å². The van der Waals surface area contributed by atoms with Gasteiger partial charge in [0.25, 0.3) is 0 Å². The molecule has 4 nitrogen and oxygen atoms in total. The van der Waals surface area contributed by atoms with E-state index in [-0.39, 0.29) is 0 Å². The second-order valence-electron chi connectivity index (χ2n) is 4.50. The average molecular weight is 208 g/mol. The van der Waals surface area contributed by atoms with Gasteiger partial charge in [-0.3, -0.25) is 4.68 Å². The normalized spacial score (nSPS) is 28.1. The Kier molecular flexibility index (Phi) is 3.38. The molecule has 0 bridgehead atoms. The van der Waals surface area contributed by atoms with Gasteiger partial charge in [-0.2, -0.15) is 5.10 Å². The Morgan fingerprint density at radius 2 is 2.33 bits per heavy atom. The van der Waals surface area contributed by atoms with Crippen LogP contribution >= 0.6 is 0 Å². The molecule has 0 aromatic carbocycles. The van der Waals surface area contributed by atoms with Crippen LogP contribution in [0.15, 0.2) is 18.5 Å².